The van der Waals surface area contributed by atoms with E-state index in [-0.39, 0.29) is 0 Å². The highest BCUT2D eigenvalue weighted by Gasteiger charge is 2.09. The molecule has 0 bridgehead atoms. The molecule has 6 heteroatoms. The van der Waals surface area contributed by atoms with Gasteiger partial charge in [-0.1, -0.05) is 28.1 Å². The number of hydrogen-bond acceptors (Lipinski definition) is 5. The number of aromatic nitrogens is 1. The number of halogens is 1. The third-order valence-corrected chi connectivity index (χ3v) is 4.87. The van der Waals surface area contributed by atoms with Gasteiger partial charge in [0.05, 0.1) is 12.8 Å². The third kappa shape index (κ3) is 4.27. The van der Waals surface area contributed by atoms with Crippen LogP contribution in [0.2, 0.25) is 0 Å². The molecule has 124 valence electrons. The van der Waals surface area contributed by atoms with Gasteiger partial charge in [0.1, 0.15) is 22.4 Å². The van der Waals surface area contributed by atoms with Crippen molar-refractivity contribution in [2.75, 3.05) is 12.4 Å². The van der Waals surface area contributed by atoms with Crippen LogP contribution in [0, 0.1) is 11.3 Å². The number of nitriles is 1. The predicted octanol–water partition coefficient (Wildman–Crippen LogP) is 5.56. The number of nitrogens with one attached hydrogen (secondary N) is 1. The second kappa shape index (κ2) is 7.97. The van der Waals surface area contributed by atoms with E-state index in [0.29, 0.717) is 10.6 Å². The zero-order valence-corrected chi connectivity index (χ0v) is 15.8. The van der Waals surface area contributed by atoms with Gasteiger partial charge in [-0.3, -0.25) is 0 Å². The van der Waals surface area contributed by atoms with E-state index in [1.165, 1.54) is 11.3 Å². The fourth-order valence-electron chi connectivity index (χ4n) is 2.14. The quantitative estimate of drug-likeness (QED) is 0.558. The fraction of sp³-hybridized carbons (Fsp3) is 0.0526. The van der Waals surface area contributed by atoms with Crippen molar-refractivity contribution in [3.05, 3.63) is 69.6 Å². The van der Waals surface area contributed by atoms with E-state index < -0.39 is 0 Å². The van der Waals surface area contributed by atoms with Crippen LogP contribution in [0.3, 0.4) is 0 Å². The van der Waals surface area contributed by atoms with Gasteiger partial charge in [0, 0.05) is 27.3 Å². The van der Waals surface area contributed by atoms with E-state index in [4.69, 9.17) is 4.74 Å². The van der Waals surface area contributed by atoms with Gasteiger partial charge in [-0.2, -0.15) is 5.26 Å². The number of ether oxygens (including phenoxy) is 1. The highest BCUT2D eigenvalue weighted by Crippen LogP contribution is 2.27. The van der Waals surface area contributed by atoms with Crippen LogP contribution in [0.15, 0.2) is 64.6 Å². The van der Waals surface area contributed by atoms with Crippen molar-refractivity contribution in [3.8, 4) is 23.1 Å². The second-order valence-corrected chi connectivity index (χ2v) is 6.86. The lowest BCUT2D eigenvalue weighted by molar-refractivity contribution is 0.415. The van der Waals surface area contributed by atoms with Crippen LogP contribution in [0.1, 0.15) is 5.01 Å². The maximum absolute atomic E-state index is 9.44. The third-order valence-electron chi connectivity index (χ3n) is 3.47. The largest absolute Gasteiger partial charge is 0.497 e. The molecule has 0 radical (unpaired) electrons. The summed E-state index contributed by atoms with van der Waals surface area (Å²) in [5.74, 6) is 0.786. The van der Waals surface area contributed by atoms with Crippen molar-refractivity contribution in [2.24, 2.45) is 0 Å². The molecule has 0 saturated carbocycles. The van der Waals surface area contributed by atoms with E-state index in [2.05, 4.69) is 32.3 Å². The molecule has 0 spiro atoms. The molecule has 1 N–H and O–H groups in total. The van der Waals surface area contributed by atoms with Crippen molar-refractivity contribution >= 4 is 38.5 Å². The number of hydrogen-bond donors (Lipinski definition) is 1. The lowest BCUT2D eigenvalue weighted by Crippen LogP contribution is -1.91. The normalized spacial score (nSPS) is 11.0. The summed E-state index contributed by atoms with van der Waals surface area (Å²) in [4.78, 5) is 4.57. The summed E-state index contributed by atoms with van der Waals surface area (Å²) >= 11 is 4.87. The molecule has 3 rings (SSSR count). The smallest absolute Gasteiger partial charge is 0.136 e. The first kappa shape index (κ1) is 17.2. The first-order valence-corrected chi connectivity index (χ1v) is 9.09. The Bertz CT molecular complexity index is 925. The summed E-state index contributed by atoms with van der Waals surface area (Å²) in [7, 11) is 1.63. The van der Waals surface area contributed by atoms with Gasteiger partial charge in [0.15, 0.2) is 0 Å². The average Bonchev–Trinajstić information content (AvgIpc) is 3.13. The summed E-state index contributed by atoms with van der Waals surface area (Å²) < 4.78 is 6.15. The molecule has 0 amide bonds. The lowest BCUT2D eigenvalue weighted by Gasteiger charge is -2.03. The summed E-state index contributed by atoms with van der Waals surface area (Å²) in [6.45, 7) is 0. The molecule has 1 heterocycles. The van der Waals surface area contributed by atoms with Crippen molar-refractivity contribution in [1.82, 2.24) is 4.98 Å². The van der Waals surface area contributed by atoms with Gasteiger partial charge < -0.3 is 10.1 Å². The Kier molecular flexibility index (Phi) is 5.49. The molecule has 0 aliphatic heterocycles. The number of anilines is 1. The van der Waals surface area contributed by atoms with Crippen molar-refractivity contribution in [2.45, 2.75) is 0 Å². The molecule has 1 aromatic heterocycles. The molecule has 0 unspecified atom stereocenters. The summed E-state index contributed by atoms with van der Waals surface area (Å²) in [5, 5.41) is 15.2. The topological polar surface area (TPSA) is 57.9 Å². The molecule has 0 fully saturated rings. The van der Waals surface area contributed by atoms with Crippen LogP contribution in [0.4, 0.5) is 5.69 Å². The molecule has 2 aromatic carbocycles. The van der Waals surface area contributed by atoms with Crippen LogP contribution in [-0.4, -0.2) is 12.1 Å². The maximum Gasteiger partial charge on any atom is 0.136 e. The van der Waals surface area contributed by atoms with E-state index in [0.717, 1.165) is 27.2 Å². The number of nitrogens with zero attached hydrogens (tertiary/aromatic N) is 2. The van der Waals surface area contributed by atoms with Crippen molar-refractivity contribution < 1.29 is 4.74 Å². The number of methoxy groups -OCH3 is 1. The van der Waals surface area contributed by atoms with Gasteiger partial charge in [0.25, 0.3) is 0 Å². The van der Waals surface area contributed by atoms with E-state index >= 15 is 0 Å². The Morgan fingerprint density at radius 3 is 2.56 bits per heavy atom. The highest BCUT2D eigenvalue weighted by atomic mass is 79.9. The minimum Gasteiger partial charge on any atom is -0.497 e. The molecular weight excluding hydrogens is 398 g/mol. The van der Waals surface area contributed by atoms with Crippen LogP contribution in [0.25, 0.3) is 16.8 Å². The molecule has 0 aliphatic carbocycles. The van der Waals surface area contributed by atoms with Gasteiger partial charge in [-0.15, -0.1) is 11.3 Å². The maximum atomic E-state index is 9.44. The number of allylic oxidation sites excluding steroid dienone is 1. The Morgan fingerprint density at radius 2 is 1.92 bits per heavy atom. The molecule has 3 aromatic rings. The number of rotatable bonds is 5. The van der Waals surface area contributed by atoms with E-state index in [1.54, 1.807) is 13.3 Å². The SMILES string of the molecule is COc1ccc(N/C=C(\C#N)c2nc(-c3ccc(Br)cc3)cs2)cc1. The first-order chi connectivity index (χ1) is 12.2. The Balaban J connectivity index is 1.78. The minimum atomic E-state index is 0.490. The zero-order chi connectivity index (χ0) is 17.6. The summed E-state index contributed by atoms with van der Waals surface area (Å²) in [6, 6.07) is 17.6. The average molecular weight is 412 g/mol. The van der Waals surface area contributed by atoms with Crippen LogP contribution in [0.5, 0.6) is 5.75 Å². The second-order valence-electron chi connectivity index (χ2n) is 5.09. The number of thiazole rings is 1. The van der Waals surface area contributed by atoms with E-state index in [9.17, 15) is 5.26 Å². The van der Waals surface area contributed by atoms with E-state index in [1.807, 2.05) is 53.9 Å². The monoisotopic (exact) mass is 411 g/mol. The van der Waals surface area contributed by atoms with Gasteiger partial charge in [-0.05, 0) is 36.4 Å². The van der Waals surface area contributed by atoms with Crippen molar-refractivity contribution in [3.63, 3.8) is 0 Å². The predicted molar refractivity (Wildman–Crippen MR) is 105 cm³/mol. The highest BCUT2D eigenvalue weighted by molar-refractivity contribution is 9.10. The van der Waals surface area contributed by atoms with Crippen LogP contribution >= 0.6 is 27.3 Å². The minimum absolute atomic E-state index is 0.490. The first-order valence-electron chi connectivity index (χ1n) is 7.42. The lowest BCUT2D eigenvalue weighted by atomic mass is 10.2. The number of benzene rings is 2. The summed E-state index contributed by atoms with van der Waals surface area (Å²) in [6.07, 6.45) is 1.67. The Hall–Kier alpha value is -2.62. The Morgan fingerprint density at radius 1 is 1.20 bits per heavy atom. The standard InChI is InChI=1S/C19H14BrN3OS/c1-24-17-8-6-16(7-9-17)22-11-14(10-21)19-23-18(12-25-19)13-2-4-15(20)5-3-13/h2-9,11-12,22H,1H3/b14-11+. The van der Waals surface area contributed by atoms with Gasteiger partial charge >= 0.3 is 0 Å². The molecule has 0 atom stereocenters. The van der Waals surface area contributed by atoms with Gasteiger partial charge in [0.2, 0.25) is 0 Å². The van der Waals surface area contributed by atoms with Crippen molar-refractivity contribution in [1.29, 1.82) is 5.26 Å². The van der Waals surface area contributed by atoms with Crippen LogP contribution in [-0.2, 0) is 0 Å². The van der Waals surface area contributed by atoms with Gasteiger partial charge in [-0.25, -0.2) is 4.98 Å². The molecule has 4 nitrogen and oxygen atoms in total. The summed E-state index contributed by atoms with van der Waals surface area (Å²) in [5.41, 5.74) is 3.24. The molecule has 25 heavy (non-hydrogen) atoms. The van der Waals surface area contributed by atoms with Crippen LogP contribution < -0.4 is 10.1 Å². The molecule has 0 saturated heterocycles. The zero-order valence-electron chi connectivity index (χ0n) is 13.4. The fourth-order valence-corrected chi connectivity index (χ4v) is 3.19. The Labute approximate surface area is 158 Å². The molecule has 0 aliphatic rings. The molecular formula is C19H14BrN3OS.